The van der Waals surface area contributed by atoms with Crippen molar-refractivity contribution >= 4 is 23.3 Å². The van der Waals surface area contributed by atoms with Crippen LogP contribution in [0.4, 0.5) is 5.82 Å². The van der Waals surface area contributed by atoms with E-state index in [4.69, 9.17) is 22.5 Å². The van der Waals surface area contributed by atoms with Gasteiger partial charge in [0.25, 0.3) is 0 Å². The van der Waals surface area contributed by atoms with Crippen LogP contribution in [0.3, 0.4) is 0 Å². The Morgan fingerprint density at radius 1 is 1.50 bits per heavy atom. The average Bonchev–Trinajstić information content (AvgIpc) is 2.47. The summed E-state index contributed by atoms with van der Waals surface area (Å²) in [6.45, 7) is 0.587. The predicted molar refractivity (Wildman–Crippen MR) is 78.1 cm³/mol. The minimum Gasteiger partial charge on any atom is -0.409 e. The molecule has 7 heteroatoms. The second kappa shape index (κ2) is 6.21. The molecule has 0 unspecified atom stereocenters. The third-order valence-corrected chi connectivity index (χ3v) is 3.03. The van der Waals surface area contributed by atoms with Crippen molar-refractivity contribution in [1.82, 2.24) is 9.97 Å². The molecular weight excluding hydrogens is 278 g/mol. The SMILES string of the molecule is CN(Cc1cccc(/C(N)=N/O)c1)c1ncncc1Cl. The van der Waals surface area contributed by atoms with E-state index in [0.29, 0.717) is 22.9 Å². The van der Waals surface area contributed by atoms with Gasteiger partial charge in [-0.25, -0.2) is 9.97 Å². The maximum absolute atomic E-state index is 8.69. The maximum atomic E-state index is 8.69. The average molecular weight is 292 g/mol. The number of halogens is 1. The first kappa shape index (κ1) is 14.1. The van der Waals surface area contributed by atoms with Gasteiger partial charge in [-0.3, -0.25) is 0 Å². The summed E-state index contributed by atoms with van der Waals surface area (Å²) in [4.78, 5) is 9.89. The molecule has 0 fully saturated rings. The summed E-state index contributed by atoms with van der Waals surface area (Å²) in [5, 5.41) is 12.2. The van der Waals surface area contributed by atoms with Gasteiger partial charge in [-0.1, -0.05) is 35.0 Å². The zero-order valence-corrected chi connectivity index (χ0v) is 11.6. The van der Waals surface area contributed by atoms with Crippen LogP contribution in [0.25, 0.3) is 0 Å². The fraction of sp³-hybridized carbons (Fsp3) is 0.154. The zero-order chi connectivity index (χ0) is 14.5. The lowest BCUT2D eigenvalue weighted by Gasteiger charge is -2.19. The van der Waals surface area contributed by atoms with E-state index in [1.165, 1.54) is 6.33 Å². The van der Waals surface area contributed by atoms with E-state index >= 15 is 0 Å². The predicted octanol–water partition coefficient (Wildman–Crippen LogP) is 1.86. The van der Waals surface area contributed by atoms with Crippen molar-refractivity contribution in [2.45, 2.75) is 6.54 Å². The highest BCUT2D eigenvalue weighted by atomic mass is 35.5. The molecule has 0 radical (unpaired) electrons. The van der Waals surface area contributed by atoms with E-state index in [9.17, 15) is 0 Å². The second-order valence-corrected chi connectivity index (χ2v) is 4.64. The van der Waals surface area contributed by atoms with Gasteiger partial charge in [-0.2, -0.15) is 0 Å². The van der Waals surface area contributed by atoms with E-state index in [1.807, 2.05) is 30.1 Å². The van der Waals surface area contributed by atoms with Crippen molar-refractivity contribution in [3.63, 3.8) is 0 Å². The van der Waals surface area contributed by atoms with Crippen LogP contribution in [0.1, 0.15) is 11.1 Å². The van der Waals surface area contributed by atoms with Crippen molar-refractivity contribution in [3.05, 3.63) is 52.9 Å². The molecule has 1 heterocycles. The highest BCUT2D eigenvalue weighted by molar-refractivity contribution is 6.32. The largest absolute Gasteiger partial charge is 0.409 e. The molecule has 1 aromatic carbocycles. The number of anilines is 1. The molecule has 0 saturated heterocycles. The molecule has 0 spiro atoms. The summed E-state index contributed by atoms with van der Waals surface area (Å²) in [6.07, 6.45) is 3.00. The van der Waals surface area contributed by atoms with Crippen molar-refractivity contribution in [2.24, 2.45) is 10.9 Å². The normalized spacial score (nSPS) is 11.4. The van der Waals surface area contributed by atoms with Gasteiger partial charge in [0.05, 0.1) is 6.20 Å². The smallest absolute Gasteiger partial charge is 0.170 e. The van der Waals surface area contributed by atoms with E-state index in [-0.39, 0.29) is 5.84 Å². The van der Waals surface area contributed by atoms with Crippen molar-refractivity contribution < 1.29 is 5.21 Å². The molecule has 0 atom stereocenters. The molecule has 0 saturated carbocycles. The Hall–Kier alpha value is -2.34. The quantitative estimate of drug-likeness (QED) is 0.388. The Morgan fingerprint density at radius 3 is 3.00 bits per heavy atom. The van der Waals surface area contributed by atoms with Crippen LogP contribution in [0.2, 0.25) is 5.02 Å². The first-order valence-electron chi connectivity index (χ1n) is 5.85. The number of hydrogen-bond acceptors (Lipinski definition) is 5. The van der Waals surface area contributed by atoms with Gasteiger partial charge in [-0.05, 0) is 11.6 Å². The highest BCUT2D eigenvalue weighted by Crippen LogP contribution is 2.21. The van der Waals surface area contributed by atoms with Gasteiger partial charge in [-0.15, -0.1) is 0 Å². The monoisotopic (exact) mass is 291 g/mol. The maximum Gasteiger partial charge on any atom is 0.170 e. The minimum absolute atomic E-state index is 0.0783. The van der Waals surface area contributed by atoms with Crippen molar-refractivity contribution in [3.8, 4) is 0 Å². The van der Waals surface area contributed by atoms with E-state index in [2.05, 4.69) is 15.1 Å². The fourth-order valence-corrected chi connectivity index (χ4v) is 2.07. The molecule has 0 aliphatic carbocycles. The summed E-state index contributed by atoms with van der Waals surface area (Å²) in [7, 11) is 1.88. The molecule has 0 aliphatic heterocycles. The fourth-order valence-electron chi connectivity index (χ4n) is 1.82. The lowest BCUT2D eigenvalue weighted by molar-refractivity contribution is 0.318. The Balaban J connectivity index is 2.20. The lowest BCUT2D eigenvalue weighted by atomic mass is 10.1. The van der Waals surface area contributed by atoms with Crippen LogP contribution in [-0.2, 0) is 6.54 Å². The standard InChI is InChI=1S/C13H14ClN5O/c1-19(13-11(14)6-16-8-17-13)7-9-3-2-4-10(5-9)12(15)18-20/h2-6,8,20H,7H2,1H3,(H2,15,18). The van der Waals surface area contributed by atoms with Crippen LogP contribution in [-0.4, -0.2) is 28.1 Å². The summed E-state index contributed by atoms with van der Waals surface area (Å²) in [5.41, 5.74) is 7.23. The Kier molecular flexibility index (Phi) is 4.37. The molecule has 3 N–H and O–H groups in total. The summed E-state index contributed by atoms with van der Waals surface area (Å²) in [6, 6.07) is 7.41. The molecule has 20 heavy (non-hydrogen) atoms. The van der Waals surface area contributed by atoms with E-state index in [1.54, 1.807) is 12.3 Å². The number of rotatable bonds is 4. The molecule has 2 rings (SSSR count). The second-order valence-electron chi connectivity index (χ2n) is 4.24. The van der Waals surface area contributed by atoms with Gasteiger partial charge in [0.1, 0.15) is 11.3 Å². The summed E-state index contributed by atoms with van der Waals surface area (Å²) >= 11 is 6.05. The summed E-state index contributed by atoms with van der Waals surface area (Å²) in [5.74, 6) is 0.727. The highest BCUT2D eigenvalue weighted by Gasteiger charge is 2.09. The van der Waals surface area contributed by atoms with Crippen molar-refractivity contribution in [1.29, 1.82) is 0 Å². The number of amidine groups is 1. The Labute approximate surface area is 121 Å². The molecule has 0 bridgehead atoms. The van der Waals surface area contributed by atoms with Crippen LogP contribution in [0, 0.1) is 0 Å². The van der Waals surface area contributed by atoms with E-state index in [0.717, 1.165) is 5.56 Å². The number of hydrogen-bond donors (Lipinski definition) is 2. The van der Waals surface area contributed by atoms with Crippen LogP contribution < -0.4 is 10.6 Å². The van der Waals surface area contributed by atoms with Crippen molar-refractivity contribution in [2.75, 3.05) is 11.9 Å². The van der Waals surface area contributed by atoms with Gasteiger partial charge in [0, 0.05) is 19.2 Å². The van der Waals surface area contributed by atoms with Crippen LogP contribution in [0.5, 0.6) is 0 Å². The number of nitrogens with two attached hydrogens (primary N) is 1. The third kappa shape index (κ3) is 3.16. The first-order chi connectivity index (χ1) is 9.61. The van der Waals surface area contributed by atoms with Gasteiger partial charge < -0.3 is 15.8 Å². The molecule has 104 valence electrons. The first-order valence-corrected chi connectivity index (χ1v) is 6.23. The molecule has 0 aliphatic rings. The van der Waals surface area contributed by atoms with Gasteiger partial charge in [0.2, 0.25) is 0 Å². The zero-order valence-electron chi connectivity index (χ0n) is 10.9. The molecule has 2 aromatic rings. The minimum atomic E-state index is 0.0783. The van der Waals surface area contributed by atoms with Gasteiger partial charge in [0.15, 0.2) is 11.7 Å². The van der Waals surface area contributed by atoms with Gasteiger partial charge >= 0.3 is 0 Å². The number of nitrogens with zero attached hydrogens (tertiary/aromatic N) is 4. The molecule has 0 amide bonds. The van der Waals surface area contributed by atoms with E-state index < -0.39 is 0 Å². The van der Waals surface area contributed by atoms with Crippen LogP contribution in [0.15, 0.2) is 41.9 Å². The lowest BCUT2D eigenvalue weighted by Crippen LogP contribution is -2.19. The topological polar surface area (TPSA) is 87.6 Å². The Morgan fingerprint density at radius 2 is 2.30 bits per heavy atom. The Bertz CT molecular complexity index is 632. The molecule has 1 aromatic heterocycles. The third-order valence-electron chi connectivity index (χ3n) is 2.76. The molecular formula is C13H14ClN5O. The molecule has 6 nitrogen and oxygen atoms in total. The number of aromatic nitrogens is 2. The van der Waals surface area contributed by atoms with Crippen LogP contribution >= 0.6 is 11.6 Å². The number of benzene rings is 1. The number of oxime groups is 1. The summed E-state index contributed by atoms with van der Waals surface area (Å²) < 4.78 is 0.